The van der Waals surface area contributed by atoms with E-state index in [0.29, 0.717) is 0 Å². The van der Waals surface area contributed by atoms with Crippen LogP contribution >= 0.6 is 0 Å². The fraction of sp³-hybridized carbons (Fsp3) is 0. The quantitative estimate of drug-likeness (QED) is 0.430. The van der Waals surface area contributed by atoms with Gasteiger partial charge >= 0.3 is 11.9 Å². The Morgan fingerprint density at radius 2 is 1.62 bits per heavy atom. The number of amides is 1. The normalized spacial score (nSPS) is 9.56. The highest BCUT2D eigenvalue weighted by molar-refractivity contribution is 6.05. The Morgan fingerprint density at radius 3 is 2.06 bits per heavy atom. The average Bonchev–Trinajstić information content (AvgIpc) is 2.26. The molecule has 1 amide bonds. The fourth-order valence-electron chi connectivity index (χ4n) is 1.11. The predicted octanol–water partition coefficient (Wildman–Crippen LogP) is 0.202. The molecule has 1 rings (SSSR count). The van der Waals surface area contributed by atoms with Crippen LogP contribution in [0.25, 0.3) is 0 Å². The molecule has 84 valence electrons. The van der Waals surface area contributed by atoms with Gasteiger partial charge in [0.15, 0.2) is 0 Å². The third-order valence-electron chi connectivity index (χ3n) is 1.84. The van der Waals surface area contributed by atoms with Crippen LogP contribution in [0, 0.1) is 0 Å². The summed E-state index contributed by atoms with van der Waals surface area (Å²) in [5.74, 6) is -3.78. The number of hydrogen-bond donors (Lipinski definition) is 4. The molecule has 4 N–H and O–H groups in total. The fourth-order valence-corrected chi connectivity index (χ4v) is 1.11. The number of nitrogens with one attached hydrogen (secondary N) is 1. The van der Waals surface area contributed by atoms with Crippen molar-refractivity contribution in [2.45, 2.75) is 0 Å². The number of aromatic carboxylic acids is 2. The monoisotopic (exact) mass is 225 g/mol. The summed E-state index contributed by atoms with van der Waals surface area (Å²) in [4.78, 5) is 32.4. The predicted molar refractivity (Wildman–Crippen MR) is 49.6 cm³/mol. The molecule has 0 aromatic heterocycles. The van der Waals surface area contributed by atoms with E-state index in [4.69, 9.17) is 15.4 Å². The van der Waals surface area contributed by atoms with E-state index in [1.807, 2.05) is 0 Å². The van der Waals surface area contributed by atoms with Gasteiger partial charge in [0.1, 0.15) is 0 Å². The van der Waals surface area contributed by atoms with Crippen molar-refractivity contribution in [3.05, 3.63) is 34.9 Å². The van der Waals surface area contributed by atoms with Gasteiger partial charge in [0.05, 0.1) is 16.7 Å². The van der Waals surface area contributed by atoms with E-state index in [9.17, 15) is 14.4 Å². The molecular formula is C9H7NO6. The molecule has 16 heavy (non-hydrogen) atoms. The number of carboxylic acids is 2. The Kier molecular flexibility index (Phi) is 3.21. The zero-order chi connectivity index (χ0) is 12.3. The molecule has 0 aliphatic rings. The molecule has 0 unspecified atom stereocenters. The number of benzene rings is 1. The Bertz CT molecular complexity index is 467. The first-order valence-corrected chi connectivity index (χ1v) is 4.02. The molecule has 0 atom stereocenters. The third kappa shape index (κ3) is 2.15. The molecule has 7 heteroatoms. The lowest BCUT2D eigenvalue weighted by molar-refractivity contribution is 0.0661. The van der Waals surface area contributed by atoms with E-state index in [2.05, 4.69) is 0 Å². The van der Waals surface area contributed by atoms with E-state index < -0.39 is 23.4 Å². The second kappa shape index (κ2) is 4.41. The maximum Gasteiger partial charge on any atom is 0.336 e. The molecule has 1 aromatic carbocycles. The average molecular weight is 225 g/mol. The second-order valence-corrected chi connectivity index (χ2v) is 2.81. The Labute approximate surface area is 88.9 Å². The highest BCUT2D eigenvalue weighted by atomic mass is 16.5. The van der Waals surface area contributed by atoms with Crippen LogP contribution in [0.4, 0.5) is 0 Å². The number of hydrogen-bond acceptors (Lipinski definition) is 4. The van der Waals surface area contributed by atoms with Gasteiger partial charge in [-0.3, -0.25) is 10.0 Å². The minimum atomic E-state index is -1.46. The van der Waals surface area contributed by atoms with Crippen LogP contribution in [0.5, 0.6) is 0 Å². The minimum Gasteiger partial charge on any atom is -0.478 e. The molecule has 0 heterocycles. The molecule has 0 spiro atoms. The van der Waals surface area contributed by atoms with Gasteiger partial charge in [-0.2, -0.15) is 0 Å². The third-order valence-corrected chi connectivity index (χ3v) is 1.84. The molecule has 0 aliphatic carbocycles. The number of rotatable bonds is 3. The van der Waals surface area contributed by atoms with Crippen molar-refractivity contribution in [3.63, 3.8) is 0 Å². The number of carbonyl (C=O) groups excluding carboxylic acids is 1. The summed E-state index contributed by atoms with van der Waals surface area (Å²) < 4.78 is 0. The van der Waals surface area contributed by atoms with E-state index in [1.165, 1.54) is 5.48 Å². The first-order chi connectivity index (χ1) is 7.47. The smallest absolute Gasteiger partial charge is 0.336 e. The van der Waals surface area contributed by atoms with Gasteiger partial charge in [-0.1, -0.05) is 0 Å². The maximum absolute atomic E-state index is 11.0. The van der Waals surface area contributed by atoms with Crippen molar-refractivity contribution >= 4 is 17.8 Å². The van der Waals surface area contributed by atoms with Gasteiger partial charge < -0.3 is 10.2 Å². The lowest BCUT2D eigenvalue weighted by Gasteiger charge is -2.04. The van der Waals surface area contributed by atoms with Crippen molar-refractivity contribution in [1.29, 1.82) is 0 Å². The van der Waals surface area contributed by atoms with Crippen LogP contribution in [0.3, 0.4) is 0 Å². The first-order valence-electron chi connectivity index (χ1n) is 4.02. The van der Waals surface area contributed by atoms with Crippen molar-refractivity contribution in [1.82, 2.24) is 5.48 Å². The van der Waals surface area contributed by atoms with Crippen LogP contribution < -0.4 is 5.48 Å². The first kappa shape index (κ1) is 11.7. The zero-order valence-electron chi connectivity index (χ0n) is 7.80. The molecule has 0 radical (unpaired) electrons. The van der Waals surface area contributed by atoms with Crippen molar-refractivity contribution < 1.29 is 29.8 Å². The molecular weight excluding hydrogens is 218 g/mol. The molecule has 0 saturated carbocycles. The summed E-state index contributed by atoms with van der Waals surface area (Å²) in [6.45, 7) is 0. The van der Waals surface area contributed by atoms with Crippen LogP contribution in [-0.2, 0) is 0 Å². The second-order valence-electron chi connectivity index (χ2n) is 2.81. The van der Waals surface area contributed by atoms with Gasteiger partial charge in [0.25, 0.3) is 5.91 Å². The molecule has 7 nitrogen and oxygen atoms in total. The number of carbonyl (C=O) groups is 3. The lowest BCUT2D eigenvalue weighted by atomic mass is 10.0. The summed E-state index contributed by atoms with van der Waals surface area (Å²) >= 11 is 0. The van der Waals surface area contributed by atoms with Gasteiger partial charge in [-0.05, 0) is 18.2 Å². The van der Waals surface area contributed by atoms with E-state index in [1.54, 1.807) is 0 Å². The van der Waals surface area contributed by atoms with Crippen molar-refractivity contribution in [2.75, 3.05) is 0 Å². The topological polar surface area (TPSA) is 124 Å². The number of carboxylic acid groups (broad SMARTS) is 2. The molecule has 0 aliphatic heterocycles. The Hall–Kier alpha value is -2.41. The van der Waals surface area contributed by atoms with Gasteiger partial charge in [-0.15, -0.1) is 0 Å². The zero-order valence-corrected chi connectivity index (χ0v) is 7.80. The highest BCUT2D eigenvalue weighted by Gasteiger charge is 2.18. The van der Waals surface area contributed by atoms with Gasteiger partial charge in [0, 0.05) is 0 Å². The van der Waals surface area contributed by atoms with Crippen LogP contribution in [0.2, 0.25) is 0 Å². The van der Waals surface area contributed by atoms with Gasteiger partial charge in [-0.25, -0.2) is 15.1 Å². The minimum absolute atomic E-state index is 0.258. The summed E-state index contributed by atoms with van der Waals surface area (Å²) in [5.41, 5.74) is 0.205. The van der Waals surface area contributed by atoms with Crippen molar-refractivity contribution in [2.24, 2.45) is 0 Å². The molecule has 0 fully saturated rings. The summed E-state index contributed by atoms with van der Waals surface area (Å²) in [7, 11) is 0. The standard InChI is InChI=1S/C9H7NO6/c11-7(10-16)5-2-1-4(8(12)13)3-6(5)9(14)15/h1-3,16H,(H,10,11)(H,12,13)(H,14,15). The Balaban J connectivity index is 3.36. The molecule has 1 aromatic rings. The molecule has 0 saturated heterocycles. The van der Waals surface area contributed by atoms with Crippen LogP contribution in [0.15, 0.2) is 18.2 Å². The summed E-state index contributed by atoms with van der Waals surface area (Å²) in [6, 6.07) is 2.92. The maximum atomic E-state index is 11.0. The van der Waals surface area contributed by atoms with E-state index in [-0.39, 0.29) is 11.1 Å². The summed E-state index contributed by atoms with van der Waals surface area (Å²) in [6.07, 6.45) is 0. The van der Waals surface area contributed by atoms with Gasteiger partial charge in [0.2, 0.25) is 0 Å². The SMILES string of the molecule is O=C(O)c1ccc(C(=O)NO)c(C(=O)O)c1. The summed E-state index contributed by atoms with van der Waals surface area (Å²) in [5, 5.41) is 25.8. The Morgan fingerprint density at radius 1 is 1.00 bits per heavy atom. The number of hydroxylamine groups is 1. The lowest BCUT2D eigenvalue weighted by Crippen LogP contribution is -2.22. The van der Waals surface area contributed by atoms with Crippen LogP contribution in [-0.4, -0.2) is 33.3 Å². The van der Waals surface area contributed by atoms with Crippen molar-refractivity contribution in [3.8, 4) is 0 Å². The largest absolute Gasteiger partial charge is 0.478 e. The van der Waals surface area contributed by atoms with E-state index >= 15 is 0 Å². The molecule has 0 bridgehead atoms. The van der Waals surface area contributed by atoms with Crippen LogP contribution in [0.1, 0.15) is 31.1 Å². The highest BCUT2D eigenvalue weighted by Crippen LogP contribution is 2.12. The van der Waals surface area contributed by atoms with E-state index in [0.717, 1.165) is 18.2 Å².